The van der Waals surface area contributed by atoms with Crippen molar-refractivity contribution >= 4 is 21.8 Å². The molecule has 9 rings (SSSR count). The molecule has 0 atom stereocenters. The molecule has 67 heavy (non-hydrogen) atoms. The summed E-state index contributed by atoms with van der Waals surface area (Å²) in [6, 6.07) is 54.8. The summed E-state index contributed by atoms with van der Waals surface area (Å²) in [4.78, 5) is 5.05. The molecule has 0 aliphatic carbocycles. The molecule has 0 spiro atoms. The van der Waals surface area contributed by atoms with Crippen LogP contribution in [-0.4, -0.2) is 14.1 Å². The summed E-state index contributed by atoms with van der Waals surface area (Å²) in [6.07, 6.45) is 7.99. The molecule has 0 unspecified atom stereocenters. The van der Waals surface area contributed by atoms with E-state index in [-0.39, 0.29) is 21.7 Å². The molecule has 6 aromatic carbocycles. The van der Waals surface area contributed by atoms with Gasteiger partial charge in [0, 0.05) is 40.1 Å². The Balaban J connectivity index is 1.29. The van der Waals surface area contributed by atoms with Gasteiger partial charge in [-0.1, -0.05) is 181 Å². The minimum absolute atomic E-state index is 0.00511. The number of hydrogen-bond donors (Lipinski definition) is 0. The Hall–Kier alpha value is -6.72. The predicted octanol–water partition coefficient (Wildman–Crippen LogP) is 15.4. The SMILES string of the molecule is CC(C)(C)c1cccc(-[n+]2[c-]n(-c3cc(Oc4cc(C(C)(C)c5ccccc5)c5c6ccccc6n(-c6cc(C(C)(C)C)ccn6)c5c4)cc(C(C)(C)c4ccccc4)c3)cc2C(C)(C)C)c1. The summed E-state index contributed by atoms with van der Waals surface area (Å²) in [5.41, 5.74) is 11.7. The Morgan fingerprint density at radius 1 is 0.493 bits per heavy atom. The van der Waals surface area contributed by atoms with E-state index in [4.69, 9.17) is 9.72 Å². The van der Waals surface area contributed by atoms with Crippen LogP contribution in [0.2, 0.25) is 0 Å². The van der Waals surface area contributed by atoms with Gasteiger partial charge in [-0.25, -0.2) is 4.98 Å². The summed E-state index contributed by atoms with van der Waals surface area (Å²) in [6.45, 7) is 29.6. The average Bonchev–Trinajstić information content (AvgIpc) is 3.90. The lowest BCUT2D eigenvalue weighted by atomic mass is 9.76. The predicted molar refractivity (Wildman–Crippen MR) is 278 cm³/mol. The number of fused-ring (bicyclic) bond motifs is 3. The van der Waals surface area contributed by atoms with E-state index in [1.54, 1.807) is 0 Å². The Kier molecular flexibility index (Phi) is 11.2. The molecule has 0 aliphatic heterocycles. The zero-order valence-electron chi connectivity index (χ0n) is 41.8. The first kappa shape index (κ1) is 45.4. The third-order valence-electron chi connectivity index (χ3n) is 13.8. The summed E-state index contributed by atoms with van der Waals surface area (Å²) in [7, 11) is 0. The van der Waals surface area contributed by atoms with Crippen molar-refractivity contribution in [3.63, 3.8) is 0 Å². The van der Waals surface area contributed by atoms with Gasteiger partial charge in [-0.05, 0) is 104 Å². The molecule has 9 aromatic rings. The van der Waals surface area contributed by atoms with Crippen LogP contribution in [0.3, 0.4) is 0 Å². The van der Waals surface area contributed by atoms with E-state index in [0.717, 1.165) is 51.0 Å². The number of pyridine rings is 1. The van der Waals surface area contributed by atoms with Crippen molar-refractivity contribution in [3.8, 4) is 28.7 Å². The molecule has 0 fully saturated rings. The molecule has 0 amide bonds. The van der Waals surface area contributed by atoms with Crippen LogP contribution in [0.1, 0.15) is 129 Å². The van der Waals surface area contributed by atoms with Gasteiger partial charge in [0.2, 0.25) is 0 Å². The molecule has 5 nitrogen and oxygen atoms in total. The van der Waals surface area contributed by atoms with Gasteiger partial charge in [0.05, 0.1) is 28.1 Å². The van der Waals surface area contributed by atoms with Crippen LogP contribution in [0.25, 0.3) is 39.0 Å². The van der Waals surface area contributed by atoms with Crippen molar-refractivity contribution in [2.75, 3.05) is 0 Å². The zero-order chi connectivity index (χ0) is 47.7. The van der Waals surface area contributed by atoms with Gasteiger partial charge in [-0.2, -0.15) is 0 Å². The van der Waals surface area contributed by atoms with E-state index in [9.17, 15) is 0 Å². The number of ether oxygens (including phenoxy) is 1. The highest BCUT2D eigenvalue weighted by Gasteiger charge is 2.31. The largest absolute Gasteiger partial charge is 0.458 e. The van der Waals surface area contributed by atoms with Crippen LogP contribution in [0.4, 0.5) is 0 Å². The molecule has 0 N–H and O–H groups in total. The fourth-order valence-electron chi connectivity index (χ4n) is 9.53. The molecule has 3 aromatic heterocycles. The van der Waals surface area contributed by atoms with Crippen LogP contribution in [0.5, 0.6) is 11.5 Å². The Morgan fingerprint density at radius 2 is 1.09 bits per heavy atom. The van der Waals surface area contributed by atoms with Gasteiger partial charge in [-0.3, -0.25) is 13.7 Å². The monoisotopic (exact) mass is 883 g/mol. The quantitative estimate of drug-likeness (QED) is 0.107. The lowest BCUT2D eigenvalue weighted by Gasteiger charge is -2.29. The first-order valence-electron chi connectivity index (χ1n) is 23.8. The van der Waals surface area contributed by atoms with Crippen LogP contribution in [0, 0.1) is 6.33 Å². The standard InChI is InChI=1S/C62H66N4O/c1-58(2,3)44-27-22-28-47(33-44)65-41-64(40-55(65)60(7,8)9)48-34-46(61(10,11)42-23-16-14-17-24-42)35-49(37-48)67-50-38-52(62(12,13)43-25-18-15-19-26-43)57-51-29-20-21-30-53(51)66(54(57)39-50)56-36-45(31-32-63-56)59(4,5)6/h14-40H,1-13H3. The number of imidazole rings is 1. The maximum absolute atomic E-state index is 7.33. The molecule has 0 saturated carbocycles. The van der Waals surface area contributed by atoms with Crippen LogP contribution < -0.4 is 9.30 Å². The van der Waals surface area contributed by atoms with E-state index < -0.39 is 5.41 Å². The lowest BCUT2D eigenvalue weighted by Crippen LogP contribution is -2.39. The molecule has 0 bridgehead atoms. The van der Waals surface area contributed by atoms with Crippen molar-refractivity contribution in [3.05, 3.63) is 209 Å². The average molecular weight is 883 g/mol. The molecule has 340 valence electrons. The Labute approximate surface area is 398 Å². The lowest BCUT2D eigenvalue weighted by molar-refractivity contribution is -0.611. The van der Waals surface area contributed by atoms with E-state index in [1.807, 2.05) is 6.20 Å². The minimum Gasteiger partial charge on any atom is -0.458 e. The fraction of sp³-hybridized carbons (Fsp3) is 0.290. The summed E-state index contributed by atoms with van der Waals surface area (Å²) in [5, 5.41) is 2.37. The van der Waals surface area contributed by atoms with Crippen molar-refractivity contribution in [2.45, 2.75) is 117 Å². The van der Waals surface area contributed by atoms with Gasteiger partial charge >= 0.3 is 0 Å². The van der Waals surface area contributed by atoms with Crippen molar-refractivity contribution in [1.82, 2.24) is 14.1 Å². The van der Waals surface area contributed by atoms with Gasteiger partial charge in [0.25, 0.3) is 6.33 Å². The first-order chi connectivity index (χ1) is 31.6. The molecule has 0 aliphatic rings. The fourth-order valence-corrected chi connectivity index (χ4v) is 9.53. The molecule has 5 heteroatoms. The number of hydrogen-bond acceptors (Lipinski definition) is 2. The normalized spacial score (nSPS) is 12.9. The van der Waals surface area contributed by atoms with Crippen molar-refractivity contribution < 1.29 is 9.30 Å². The second-order valence-electron chi connectivity index (χ2n) is 22.5. The number of aromatic nitrogens is 4. The van der Waals surface area contributed by atoms with Gasteiger partial charge in [0.1, 0.15) is 17.3 Å². The second kappa shape index (κ2) is 16.6. The highest BCUT2D eigenvalue weighted by Crippen LogP contribution is 2.45. The van der Waals surface area contributed by atoms with Crippen LogP contribution >= 0.6 is 0 Å². The maximum atomic E-state index is 7.33. The number of nitrogens with zero attached hydrogens (tertiary/aromatic N) is 4. The van der Waals surface area contributed by atoms with Crippen molar-refractivity contribution in [1.29, 1.82) is 0 Å². The summed E-state index contributed by atoms with van der Waals surface area (Å²) < 4.78 is 14.0. The van der Waals surface area contributed by atoms with Gasteiger partial charge in [-0.15, -0.1) is 0 Å². The Bertz CT molecular complexity index is 3250. The highest BCUT2D eigenvalue weighted by molar-refractivity contribution is 6.11. The molecular formula is C62H66N4O. The number of benzene rings is 6. The van der Waals surface area contributed by atoms with Crippen LogP contribution in [0.15, 0.2) is 164 Å². The van der Waals surface area contributed by atoms with E-state index in [0.29, 0.717) is 0 Å². The van der Waals surface area contributed by atoms with E-state index in [2.05, 4.69) is 268 Å². The molecule has 0 saturated heterocycles. The van der Waals surface area contributed by atoms with Crippen LogP contribution in [-0.2, 0) is 27.1 Å². The number of rotatable bonds is 9. The third-order valence-corrected chi connectivity index (χ3v) is 13.8. The van der Waals surface area contributed by atoms with Gasteiger partial charge < -0.3 is 4.74 Å². The maximum Gasteiger partial charge on any atom is 0.269 e. The van der Waals surface area contributed by atoms with E-state index >= 15 is 0 Å². The molecule has 3 heterocycles. The first-order valence-corrected chi connectivity index (χ1v) is 23.8. The van der Waals surface area contributed by atoms with Gasteiger partial charge in [0.15, 0.2) is 0 Å². The topological polar surface area (TPSA) is 35.9 Å². The number of para-hydroxylation sites is 1. The minimum atomic E-state index is -0.391. The molecule has 0 radical (unpaired) electrons. The van der Waals surface area contributed by atoms with Crippen molar-refractivity contribution in [2.24, 2.45) is 0 Å². The second-order valence-corrected chi connectivity index (χ2v) is 22.5. The smallest absolute Gasteiger partial charge is 0.269 e. The van der Waals surface area contributed by atoms with E-state index in [1.165, 1.54) is 38.6 Å². The molecular weight excluding hydrogens is 817 g/mol. The summed E-state index contributed by atoms with van der Waals surface area (Å²) >= 11 is 0. The highest BCUT2D eigenvalue weighted by atomic mass is 16.5. The Morgan fingerprint density at radius 3 is 1.75 bits per heavy atom. The third kappa shape index (κ3) is 8.61. The zero-order valence-corrected chi connectivity index (χ0v) is 41.8. The summed E-state index contributed by atoms with van der Waals surface area (Å²) in [5.74, 6) is 2.38.